The SMILES string of the molecule is CCC(=O)Nc1ccc(C(=O)NNC(=O)COc2ccc(Br)cc2C(C)(C)C)cc1. The molecule has 0 saturated carbocycles. The molecule has 0 radical (unpaired) electrons. The highest BCUT2D eigenvalue weighted by atomic mass is 79.9. The Kier molecular flexibility index (Phi) is 8.00. The van der Waals surface area contributed by atoms with Gasteiger partial charge in [0.05, 0.1) is 0 Å². The molecule has 0 aliphatic rings. The second-order valence-electron chi connectivity index (χ2n) is 7.66. The molecule has 3 amide bonds. The van der Waals surface area contributed by atoms with E-state index in [0.717, 1.165) is 10.0 Å². The highest BCUT2D eigenvalue weighted by molar-refractivity contribution is 9.10. The molecular weight excluding hydrogens is 450 g/mol. The molecule has 0 aromatic heterocycles. The second-order valence-corrected chi connectivity index (χ2v) is 8.58. The van der Waals surface area contributed by atoms with Gasteiger partial charge in [-0.15, -0.1) is 0 Å². The van der Waals surface area contributed by atoms with Gasteiger partial charge in [0.2, 0.25) is 5.91 Å². The van der Waals surface area contributed by atoms with E-state index in [0.29, 0.717) is 23.4 Å². The number of hydrogen-bond acceptors (Lipinski definition) is 4. The standard InChI is InChI=1S/C22H26BrN3O4/c1-5-19(27)24-16-9-6-14(7-10-16)21(29)26-25-20(28)13-30-18-11-8-15(23)12-17(18)22(2,3)4/h6-12H,5,13H2,1-4H3,(H,24,27)(H,25,28)(H,26,29). The van der Waals surface area contributed by atoms with Crippen LogP contribution in [0, 0.1) is 0 Å². The van der Waals surface area contributed by atoms with Crippen LogP contribution in [0.3, 0.4) is 0 Å². The maximum atomic E-state index is 12.2. The quantitative estimate of drug-likeness (QED) is 0.551. The van der Waals surface area contributed by atoms with Crippen molar-refractivity contribution in [3.63, 3.8) is 0 Å². The topological polar surface area (TPSA) is 96.5 Å². The Morgan fingerprint density at radius 1 is 0.967 bits per heavy atom. The number of ether oxygens (including phenoxy) is 1. The van der Waals surface area contributed by atoms with E-state index < -0.39 is 11.8 Å². The summed E-state index contributed by atoms with van der Waals surface area (Å²) in [6.45, 7) is 7.68. The molecule has 7 nitrogen and oxygen atoms in total. The van der Waals surface area contributed by atoms with Crippen LogP contribution in [0.1, 0.15) is 50.0 Å². The number of benzene rings is 2. The molecule has 0 unspecified atom stereocenters. The minimum absolute atomic E-state index is 0.111. The number of hydrogen-bond donors (Lipinski definition) is 3. The summed E-state index contributed by atoms with van der Waals surface area (Å²) in [6, 6.07) is 12.0. The van der Waals surface area contributed by atoms with Gasteiger partial charge in [-0.05, 0) is 47.9 Å². The highest BCUT2D eigenvalue weighted by Gasteiger charge is 2.20. The number of anilines is 1. The predicted molar refractivity (Wildman–Crippen MR) is 119 cm³/mol. The van der Waals surface area contributed by atoms with Crippen molar-refractivity contribution >= 4 is 39.3 Å². The summed E-state index contributed by atoms with van der Waals surface area (Å²) >= 11 is 3.45. The van der Waals surface area contributed by atoms with Gasteiger partial charge >= 0.3 is 0 Å². The lowest BCUT2D eigenvalue weighted by Crippen LogP contribution is -2.43. The Bertz CT molecular complexity index is 921. The molecule has 0 spiro atoms. The summed E-state index contributed by atoms with van der Waals surface area (Å²) < 4.78 is 6.58. The van der Waals surface area contributed by atoms with Crippen LogP contribution in [-0.4, -0.2) is 24.3 Å². The molecule has 0 aliphatic heterocycles. The van der Waals surface area contributed by atoms with Gasteiger partial charge in [-0.3, -0.25) is 25.2 Å². The van der Waals surface area contributed by atoms with Crippen LogP contribution in [-0.2, 0) is 15.0 Å². The van der Waals surface area contributed by atoms with Crippen molar-refractivity contribution in [2.24, 2.45) is 0 Å². The van der Waals surface area contributed by atoms with Gasteiger partial charge in [0.1, 0.15) is 5.75 Å². The van der Waals surface area contributed by atoms with E-state index in [2.05, 4.69) is 52.9 Å². The van der Waals surface area contributed by atoms with E-state index in [1.54, 1.807) is 37.3 Å². The lowest BCUT2D eigenvalue weighted by atomic mass is 9.86. The van der Waals surface area contributed by atoms with Crippen molar-refractivity contribution < 1.29 is 19.1 Å². The van der Waals surface area contributed by atoms with E-state index in [4.69, 9.17) is 4.74 Å². The van der Waals surface area contributed by atoms with E-state index in [1.165, 1.54) is 0 Å². The average molecular weight is 476 g/mol. The first-order valence-electron chi connectivity index (χ1n) is 9.52. The van der Waals surface area contributed by atoms with Crippen molar-refractivity contribution in [3.05, 3.63) is 58.1 Å². The molecule has 0 bridgehead atoms. The van der Waals surface area contributed by atoms with Gasteiger partial charge in [-0.25, -0.2) is 0 Å². The van der Waals surface area contributed by atoms with Gasteiger partial charge < -0.3 is 10.1 Å². The van der Waals surface area contributed by atoms with E-state index in [9.17, 15) is 14.4 Å². The first-order valence-corrected chi connectivity index (χ1v) is 10.3. The zero-order valence-electron chi connectivity index (χ0n) is 17.5. The average Bonchev–Trinajstić information content (AvgIpc) is 2.70. The maximum Gasteiger partial charge on any atom is 0.276 e. The largest absolute Gasteiger partial charge is 0.483 e. The molecule has 0 saturated heterocycles. The first kappa shape index (κ1) is 23.4. The molecule has 8 heteroatoms. The maximum absolute atomic E-state index is 12.2. The molecule has 0 heterocycles. The number of halogens is 1. The van der Waals surface area contributed by atoms with E-state index in [-0.39, 0.29) is 17.9 Å². The fourth-order valence-electron chi connectivity index (χ4n) is 2.55. The molecule has 0 fully saturated rings. The van der Waals surface area contributed by atoms with Crippen molar-refractivity contribution in [2.75, 3.05) is 11.9 Å². The Morgan fingerprint density at radius 3 is 2.23 bits per heavy atom. The van der Waals surface area contributed by atoms with Crippen LogP contribution in [0.5, 0.6) is 5.75 Å². The lowest BCUT2D eigenvalue weighted by molar-refractivity contribution is -0.123. The molecular formula is C22H26BrN3O4. The highest BCUT2D eigenvalue weighted by Crippen LogP contribution is 2.33. The minimum Gasteiger partial charge on any atom is -0.483 e. The van der Waals surface area contributed by atoms with Crippen LogP contribution in [0.15, 0.2) is 46.9 Å². The third-order valence-electron chi connectivity index (χ3n) is 4.18. The lowest BCUT2D eigenvalue weighted by Gasteiger charge is -2.23. The Labute approximate surface area is 184 Å². The van der Waals surface area contributed by atoms with Gasteiger partial charge in [-0.1, -0.05) is 43.6 Å². The molecule has 0 atom stereocenters. The fraction of sp³-hybridized carbons (Fsp3) is 0.318. The van der Waals surface area contributed by atoms with Crippen molar-refractivity contribution in [2.45, 2.75) is 39.5 Å². The van der Waals surface area contributed by atoms with Crippen LogP contribution in [0.4, 0.5) is 5.69 Å². The Balaban J connectivity index is 1.88. The molecule has 0 aliphatic carbocycles. The first-order chi connectivity index (χ1) is 14.1. The summed E-state index contributed by atoms with van der Waals surface area (Å²) in [6.07, 6.45) is 0.369. The Hall–Kier alpha value is -2.87. The number of carbonyl (C=O) groups is 3. The number of amides is 3. The van der Waals surface area contributed by atoms with Gasteiger partial charge in [0.15, 0.2) is 6.61 Å². The molecule has 160 valence electrons. The van der Waals surface area contributed by atoms with Crippen LogP contribution < -0.4 is 20.9 Å². The number of hydrazine groups is 1. The summed E-state index contributed by atoms with van der Waals surface area (Å²) in [5.74, 6) is -0.467. The monoisotopic (exact) mass is 475 g/mol. The summed E-state index contributed by atoms with van der Waals surface area (Å²) in [5, 5.41) is 2.70. The van der Waals surface area contributed by atoms with Gasteiger partial charge in [0, 0.05) is 27.7 Å². The molecule has 2 rings (SSSR count). The van der Waals surface area contributed by atoms with Crippen LogP contribution >= 0.6 is 15.9 Å². The van der Waals surface area contributed by atoms with Crippen LogP contribution in [0.25, 0.3) is 0 Å². The second kappa shape index (κ2) is 10.2. The minimum atomic E-state index is -0.488. The molecule has 2 aromatic carbocycles. The molecule has 30 heavy (non-hydrogen) atoms. The van der Waals surface area contributed by atoms with E-state index >= 15 is 0 Å². The van der Waals surface area contributed by atoms with Crippen molar-refractivity contribution in [1.29, 1.82) is 0 Å². The number of rotatable bonds is 6. The summed E-state index contributed by atoms with van der Waals surface area (Å²) in [7, 11) is 0. The summed E-state index contributed by atoms with van der Waals surface area (Å²) in [4.78, 5) is 35.6. The summed E-state index contributed by atoms with van der Waals surface area (Å²) in [5.41, 5.74) is 6.42. The Morgan fingerprint density at radius 2 is 1.63 bits per heavy atom. The van der Waals surface area contributed by atoms with Gasteiger partial charge in [0.25, 0.3) is 11.8 Å². The fourth-order valence-corrected chi connectivity index (χ4v) is 2.91. The number of nitrogens with one attached hydrogen (secondary N) is 3. The predicted octanol–water partition coefficient (Wildman–Crippen LogP) is 3.94. The van der Waals surface area contributed by atoms with E-state index in [1.807, 2.05) is 12.1 Å². The zero-order chi connectivity index (χ0) is 22.3. The van der Waals surface area contributed by atoms with Gasteiger partial charge in [-0.2, -0.15) is 0 Å². The third kappa shape index (κ3) is 6.88. The molecule has 2 aromatic rings. The molecule has 3 N–H and O–H groups in total. The third-order valence-corrected chi connectivity index (χ3v) is 4.67. The smallest absolute Gasteiger partial charge is 0.276 e. The zero-order valence-corrected chi connectivity index (χ0v) is 19.1. The van der Waals surface area contributed by atoms with Crippen molar-refractivity contribution in [1.82, 2.24) is 10.9 Å². The van der Waals surface area contributed by atoms with Crippen LogP contribution in [0.2, 0.25) is 0 Å². The normalized spacial score (nSPS) is 10.8. The number of carbonyl (C=O) groups excluding carboxylic acids is 3. The van der Waals surface area contributed by atoms with Crippen molar-refractivity contribution in [3.8, 4) is 5.75 Å².